The van der Waals surface area contributed by atoms with E-state index in [1.165, 1.54) is 44.9 Å². The highest BCUT2D eigenvalue weighted by Crippen LogP contribution is 2.25. The number of nitrogens with two attached hydrogens (primary N) is 1. The maximum Gasteiger partial charge on any atom is 0.236 e. The maximum atomic E-state index is 12.5. The normalized spacial score (nSPS) is 29.2. The number of piperidine rings is 1. The quantitative estimate of drug-likeness (QED) is 0.855. The van der Waals surface area contributed by atoms with E-state index in [0.29, 0.717) is 25.0 Å². The number of nitrogens with zero attached hydrogens (tertiary/aromatic N) is 2. The van der Waals surface area contributed by atoms with Crippen LogP contribution in [0.1, 0.15) is 51.9 Å². The molecule has 2 aliphatic heterocycles. The second-order valence-electron chi connectivity index (χ2n) is 6.45. The molecule has 0 aliphatic carbocycles. The summed E-state index contributed by atoms with van der Waals surface area (Å²) in [4.78, 5) is 16.9. The molecule has 2 saturated heterocycles. The van der Waals surface area contributed by atoms with E-state index in [2.05, 4.69) is 16.7 Å². The minimum atomic E-state index is 0.320. The van der Waals surface area contributed by atoms with Gasteiger partial charge in [0.2, 0.25) is 5.91 Å². The summed E-state index contributed by atoms with van der Waals surface area (Å²) in [6, 6.07) is 0.407. The number of carbonyl (C=O) groups is 1. The van der Waals surface area contributed by atoms with Gasteiger partial charge in [-0.1, -0.05) is 26.2 Å². The van der Waals surface area contributed by atoms with Crippen LogP contribution >= 0.6 is 0 Å². The number of hydrogen-bond donors (Lipinski definition) is 1. The fourth-order valence-corrected chi connectivity index (χ4v) is 3.60. The van der Waals surface area contributed by atoms with Gasteiger partial charge in [0.15, 0.2) is 0 Å². The van der Waals surface area contributed by atoms with Crippen molar-refractivity contribution >= 4 is 5.91 Å². The van der Waals surface area contributed by atoms with Crippen LogP contribution in [0.15, 0.2) is 0 Å². The van der Waals surface area contributed by atoms with Gasteiger partial charge in [-0.15, -0.1) is 0 Å². The first-order valence-corrected chi connectivity index (χ1v) is 8.46. The van der Waals surface area contributed by atoms with Gasteiger partial charge in [0.05, 0.1) is 6.54 Å². The van der Waals surface area contributed by atoms with E-state index in [1.807, 2.05) is 0 Å². The van der Waals surface area contributed by atoms with E-state index in [1.54, 1.807) is 0 Å². The lowest BCUT2D eigenvalue weighted by molar-refractivity contribution is -0.133. The summed E-state index contributed by atoms with van der Waals surface area (Å²) in [5, 5.41) is 0. The van der Waals surface area contributed by atoms with Gasteiger partial charge in [-0.2, -0.15) is 0 Å². The van der Waals surface area contributed by atoms with Crippen molar-refractivity contribution < 1.29 is 4.79 Å². The standard InChI is InChI=1S/C16H31N3O/c1-2-14-7-10-19(15(11-14)12-17)13-16(20)18-8-5-3-4-6-9-18/h14-15H,2-13,17H2,1H3. The van der Waals surface area contributed by atoms with E-state index < -0.39 is 0 Å². The van der Waals surface area contributed by atoms with E-state index >= 15 is 0 Å². The van der Waals surface area contributed by atoms with Crippen LogP contribution in [-0.2, 0) is 4.79 Å². The summed E-state index contributed by atoms with van der Waals surface area (Å²) < 4.78 is 0. The lowest BCUT2D eigenvalue weighted by Gasteiger charge is -2.39. The molecule has 2 atom stereocenters. The van der Waals surface area contributed by atoms with Gasteiger partial charge < -0.3 is 10.6 Å². The van der Waals surface area contributed by atoms with Crippen molar-refractivity contribution in [1.29, 1.82) is 0 Å². The van der Waals surface area contributed by atoms with E-state index in [9.17, 15) is 4.79 Å². The molecule has 0 spiro atoms. The molecule has 0 bridgehead atoms. The highest BCUT2D eigenvalue weighted by molar-refractivity contribution is 5.78. The van der Waals surface area contributed by atoms with Gasteiger partial charge in [0, 0.05) is 25.7 Å². The first-order chi connectivity index (χ1) is 9.74. The largest absolute Gasteiger partial charge is 0.342 e. The van der Waals surface area contributed by atoms with Crippen molar-refractivity contribution in [2.75, 3.05) is 32.7 Å². The molecule has 116 valence electrons. The molecule has 2 fully saturated rings. The molecule has 2 rings (SSSR count). The van der Waals surface area contributed by atoms with Crippen molar-refractivity contribution in [3.8, 4) is 0 Å². The van der Waals surface area contributed by atoms with Crippen LogP contribution in [0, 0.1) is 5.92 Å². The Morgan fingerprint density at radius 2 is 1.85 bits per heavy atom. The molecule has 2 N–H and O–H groups in total. The number of amides is 1. The third-order valence-electron chi connectivity index (χ3n) is 5.09. The summed E-state index contributed by atoms with van der Waals surface area (Å²) >= 11 is 0. The van der Waals surface area contributed by atoms with Crippen LogP contribution in [0.25, 0.3) is 0 Å². The molecular formula is C16H31N3O. The fraction of sp³-hybridized carbons (Fsp3) is 0.938. The Hall–Kier alpha value is -0.610. The van der Waals surface area contributed by atoms with Gasteiger partial charge in [-0.3, -0.25) is 9.69 Å². The smallest absolute Gasteiger partial charge is 0.236 e. The summed E-state index contributed by atoms with van der Waals surface area (Å²) in [5.74, 6) is 1.12. The predicted octanol–water partition coefficient (Wildman–Crippen LogP) is 1.84. The highest BCUT2D eigenvalue weighted by atomic mass is 16.2. The van der Waals surface area contributed by atoms with Crippen molar-refractivity contribution in [3.05, 3.63) is 0 Å². The third-order valence-corrected chi connectivity index (χ3v) is 5.09. The van der Waals surface area contributed by atoms with Gasteiger partial charge in [0.25, 0.3) is 0 Å². The fourth-order valence-electron chi connectivity index (χ4n) is 3.60. The van der Waals surface area contributed by atoms with E-state index in [-0.39, 0.29) is 0 Å². The summed E-state index contributed by atoms with van der Waals surface area (Å²) in [7, 11) is 0. The Bertz CT molecular complexity index is 300. The summed E-state index contributed by atoms with van der Waals surface area (Å²) in [6.07, 6.45) is 8.52. The summed E-state index contributed by atoms with van der Waals surface area (Å²) in [6.45, 7) is 6.48. The third kappa shape index (κ3) is 4.19. The molecule has 4 heteroatoms. The lowest BCUT2D eigenvalue weighted by atomic mass is 9.89. The van der Waals surface area contributed by atoms with Crippen LogP contribution in [0.3, 0.4) is 0 Å². The zero-order chi connectivity index (χ0) is 14.4. The molecule has 0 aromatic heterocycles. The van der Waals surface area contributed by atoms with Gasteiger partial charge >= 0.3 is 0 Å². The molecule has 20 heavy (non-hydrogen) atoms. The second kappa shape index (κ2) is 7.99. The molecule has 2 unspecified atom stereocenters. The van der Waals surface area contributed by atoms with Crippen molar-refractivity contribution in [1.82, 2.24) is 9.80 Å². The number of rotatable bonds is 4. The minimum Gasteiger partial charge on any atom is -0.342 e. The van der Waals surface area contributed by atoms with E-state index in [0.717, 1.165) is 25.6 Å². The maximum absolute atomic E-state index is 12.5. The van der Waals surface area contributed by atoms with Crippen LogP contribution in [-0.4, -0.2) is 54.5 Å². The molecule has 2 aliphatic rings. The van der Waals surface area contributed by atoms with Gasteiger partial charge in [0.1, 0.15) is 0 Å². The van der Waals surface area contributed by atoms with Crippen molar-refractivity contribution in [2.45, 2.75) is 57.9 Å². The Kier molecular flexibility index (Phi) is 6.30. The molecule has 2 heterocycles. The lowest BCUT2D eigenvalue weighted by Crippen LogP contribution is -2.51. The number of likely N-dealkylation sites (tertiary alicyclic amines) is 2. The van der Waals surface area contributed by atoms with Crippen LogP contribution < -0.4 is 5.73 Å². The topological polar surface area (TPSA) is 49.6 Å². The Labute approximate surface area is 123 Å². The average Bonchev–Trinajstić information content (AvgIpc) is 2.76. The Morgan fingerprint density at radius 1 is 1.15 bits per heavy atom. The monoisotopic (exact) mass is 281 g/mol. The van der Waals surface area contributed by atoms with Gasteiger partial charge in [-0.25, -0.2) is 0 Å². The number of hydrogen-bond acceptors (Lipinski definition) is 3. The predicted molar refractivity (Wildman–Crippen MR) is 82.5 cm³/mol. The Balaban J connectivity index is 1.85. The van der Waals surface area contributed by atoms with Crippen LogP contribution in [0.5, 0.6) is 0 Å². The first kappa shape index (κ1) is 15.8. The number of carbonyl (C=O) groups excluding carboxylic acids is 1. The van der Waals surface area contributed by atoms with Crippen LogP contribution in [0.4, 0.5) is 0 Å². The zero-order valence-electron chi connectivity index (χ0n) is 13.0. The molecule has 4 nitrogen and oxygen atoms in total. The molecule has 0 aromatic carbocycles. The van der Waals surface area contributed by atoms with Gasteiger partial charge in [-0.05, 0) is 38.1 Å². The molecule has 0 radical (unpaired) electrons. The molecule has 0 aromatic rings. The molecule has 0 saturated carbocycles. The van der Waals surface area contributed by atoms with Crippen molar-refractivity contribution in [3.63, 3.8) is 0 Å². The highest BCUT2D eigenvalue weighted by Gasteiger charge is 2.29. The SMILES string of the molecule is CCC1CCN(CC(=O)N2CCCCCC2)C(CN)C1. The zero-order valence-corrected chi connectivity index (χ0v) is 13.0. The molecular weight excluding hydrogens is 250 g/mol. The Morgan fingerprint density at radius 3 is 2.45 bits per heavy atom. The average molecular weight is 281 g/mol. The van der Waals surface area contributed by atoms with Crippen LogP contribution in [0.2, 0.25) is 0 Å². The minimum absolute atomic E-state index is 0.320. The molecule has 1 amide bonds. The van der Waals surface area contributed by atoms with E-state index in [4.69, 9.17) is 5.73 Å². The van der Waals surface area contributed by atoms with Crippen molar-refractivity contribution in [2.24, 2.45) is 11.7 Å². The second-order valence-corrected chi connectivity index (χ2v) is 6.45. The first-order valence-electron chi connectivity index (χ1n) is 8.46. The summed E-state index contributed by atoms with van der Waals surface area (Å²) in [5.41, 5.74) is 5.92.